The number of halogens is 5. The number of thioether (sulfide) groups is 1. The van der Waals surface area contributed by atoms with Gasteiger partial charge in [-0.05, 0) is 35.9 Å². The zero-order valence-electron chi connectivity index (χ0n) is 16.1. The quantitative estimate of drug-likeness (QED) is 0.496. The van der Waals surface area contributed by atoms with Gasteiger partial charge in [0.25, 0.3) is 0 Å². The second-order valence-corrected chi connectivity index (χ2v) is 9.07. The second-order valence-electron chi connectivity index (χ2n) is 6.74. The first-order chi connectivity index (χ1) is 15.1. The van der Waals surface area contributed by atoms with Gasteiger partial charge in [0.15, 0.2) is 0 Å². The molecule has 0 radical (unpaired) electrons. The van der Waals surface area contributed by atoms with Crippen molar-refractivity contribution in [1.82, 2.24) is 5.32 Å². The fourth-order valence-electron chi connectivity index (χ4n) is 3.10. The van der Waals surface area contributed by atoms with E-state index in [2.05, 4.69) is 32.6 Å². The lowest BCUT2D eigenvalue weighted by Crippen LogP contribution is -2.31. The molecular formula is C21H14BrClF3N3O2S. The number of nitrogens with zero attached hydrogens (tertiary/aromatic N) is 1. The van der Waals surface area contributed by atoms with Crippen LogP contribution in [0.15, 0.2) is 57.5 Å². The van der Waals surface area contributed by atoms with Crippen LogP contribution in [0, 0.1) is 11.3 Å². The molecule has 0 aliphatic carbocycles. The highest BCUT2D eigenvalue weighted by Crippen LogP contribution is 2.38. The number of benzene rings is 2. The largest absolute Gasteiger partial charge is 0.418 e. The maximum atomic E-state index is 13.2. The molecule has 166 valence electrons. The molecule has 2 aromatic rings. The van der Waals surface area contributed by atoms with Gasteiger partial charge < -0.3 is 10.6 Å². The highest BCUT2D eigenvalue weighted by Gasteiger charge is 2.34. The third-order valence-electron chi connectivity index (χ3n) is 4.54. The van der Waals surface area contributed by atoms with Crippen LogP contribution in [0.1, 0.15) is 23.5 Å². The fraction of sp³-hybridized carbons (Fsp3) is 0.190. The zero-order valence-corrected chi connectivity index (χ0v) is 19.3. The van der Waals surface area contributed by atoms with Crippen molar-refractivity contribution in [2.45, 2.75) is 18.5 Å². The van der Waals surface area contributed by atoms with Crippen LogP contribution < -0.4 is 10.6 Å². The Morgan fingerprint density at radius 3 is 2.59 bits per heavy atom. The molecule has 0 spiro atoms. The van der Waals surface area contributed by atoms with Crippen molar-refractivity contribution in [1.29, 1.82) is 5.26 Å². The first kappa shape index (κ1) is 24.2. The topological polar surface area (TPSA) is 82.0 Å². The average molecular weight is 545 g/mol. The number of alkyl halides is 3. The Morgan fingerprint density at radius 2 is 1.97 bits per heavy atom. The second kappa shape index (κ2) is 9.98. The Hall–Kier alpha value is -2.48. The van der Waals surface area contributed by atoms with Crippen LogP contribution in [0.3, 0.4) is 0 Å². The Kier molecular flexibility index (Phi) is 7.54. The van der Waals surface area contributed by atoms with E-state index in [4.69, 9.17) is 11.6 Å². The molecule has 1 heterocycles. The molecule has 1 aliphatic rings. The van der Waals surface area contributed by atoms with Gasteiger partial charge in [0.05, 0.1) is 33.7 Å². The molecule has 1 aliphatic heterocycles. The third-order valence-corrected chi connectivity index (χ3v) is 6.30. The molecule has 0 unspecified atom stereocenters. The monoisotopic (exact) mass is 543 g/mol. The molecule has 11 heteroatoms. The zero-order chi connectivity index (χ0) is 23.5. The van der Waals surface area contributed by atoms with Crippen LogP contribution in [0.4, 0.5) is 18.9 Å². The number of rotatable bonds is 5. The van der Waals surface area contributed by atoms with Gasteiger partial charge >= 0.3 is 6.18 Å². The summed E-state index contributed by atoms with van der Waals surface area (Å²) < 4.78 is 40.0. The minimum Gasteiger partial charge on any atom is -0.325 e. The number of nitrogens with one attached hydrogen (secondary N) is 2. The highest BCUT2D eigenvalue weighted by molar-refractivity contribution is 9.10. The van der Waals surface area contributed by atoms with E-state index in [0.717, 1.165) is 23.9 Å². The molecule has 0 saturated heterocycles. The van der Waals surface area contributed by atoms with E-state index < -0.39 is 23.6 Å². The maximum absolute atomic E-state index is 13.2. The number of carbonyl (C=O) groups is 2. The summed E-state index contributed by atoms with van der Waals surface area (Å²) in [4.78, 5) is 24.5. The highest BCUT2D eigenvalue weighted by atomic mass is 79.9. The van der Waals surface area contributed by atoms with Crippen LogP contribution in [0.25, 0.3) is 0 Å². The summed E-state index contributed by atoms with van der Waals surface area (Å²) >= 11 is 9.76. The predicted molar refractivity (Wildman–Crippen MR) is 120 cm³/mol. The third kappa shape index (κ3) is 5.85. The molecule has 0 fully saturated rings. The first-order valence-corrected chi connectivity index (χ1v) is 11.2. The smallest absolute Gasteiger partial charge is 0.325 e. The van der Waals surface area contributed by atoms with Gasteiger partial charge in [-0.3, -0.25) is 9.59 Å². The number of nitriles is 1. The number of allylic oxidation sites excluding steroid dienone is 1. The fourth-order valence-corrected chi connectivity index (χ4v) is 4.46. The summed E-state index contributed by atoms with van der Waals surface area (Å²) in [7, 11) is 0. The van der Waals surface area contributed by atoms with Crippen molar-refractivity contribution in [3.05, 3.63) is 73.7 Å². The number of anilines is 1. The number of hydrogen-bond acceptors (Lipinski definition) is 4. The lowest BCUT2D eigenvalue weighted by atomic mass is 9.87. The van der Waals surface area contributed by atoms with Crippen LogP contribution >= 0.6 is 39.3 Å². The van der Waals surface area contributed by atoms with Gasteiger partial charge in [0.1, 0.15) is 0 Å². The van der Waals surface area contributed by atoms with E-state index in [-0.39, 0.29) is 38.8 Å². The van der Waals surface area contributed by atoms with E-state index in [1.54, 1.807) is 24.3 Å². The molecule has 2 aromatic carbocycles. The van der Waals surface area contributed by atoms with E-state index in [0.29, 0.717) is 10.6 Å². The lowest BCUT2D eigenvalue weighted by molar-refractivity contribution is -0.137. The maximum Gasteiger partial charge on any atom is 0.418 e. The van der Waals surface area contributed by atoms with E-state index in [1.807, 2.05) is 0 Å². The Morgan fingerprint density at radius 1 is 1.28 bits per heavy atom. The summed E-state index contributed by atoms with van der Waals surface area (Å²) in [5, 5.41) is 15.2. The first-order valence-electron chi connectivity index (χ1n) is 9.07. The summed E-state index contributed by atoms with van der Waals surface area (Å²) in [6, 6.07) is 12.2. The normalized spacial score (nSPS) is 16.4. The summed E-state index contributed by atoms with van der Waals surface area (Å²) in [5.74, 6) is -1.86. The van der Waals surface area contributed by atoms with Crippen LogP contribution in [0.5, 0.6) is 0 Å². The molecule has 3 rings (SSSR count). The Balaban J connectivity index is 1.78. The molecule has 2 N–H and O–H groups in total. The standard InChI is InChI=1S/C21H14BrClF3N3O2S/c22-12-3-6-17(16(7-12)21(24,25)26)28-19(31)10-32-20-15(9-27)14(8-18(30)29-20)11-1-4-13(23)5-2-11/h1-7,14H,8,10H2,(H,28,31)(H,29,30)/t14-/m0/s1. The van der Waals surface area contributed by atoms with Crippen molar-refractivity contribution in [2.75, 3.05) is 11.1 Å². The van der Waals surface area contributed by atoms with Gasteiger partial charge in [0.2, 0.25) is 11.8 Å². The molecule has 0 bridgehead atoms. The molecule has 2 amide bonds. The minimum absolute atomic E-state index is 0.0502. The van der Waals surface area contributed by atoms with Gasteiger partial charge in [-0.15, -0.1) is 0 Å². The SMILES string of the molecule is N#CC1=C(SCC(=O)Nc2ccc(Br)cc2C(F)(F)F)NC(=O)C[C@H]1c1ccc(Cl)cc1. The molecular weight excluding hydrogens is 531 g/mol. The lowest BCUT2D eigenvalue weighted by Gasteiger charge is -2.25. The number of hydrogen-bond donors (Lipinski definition) is 2. The van der Waals surface area contributed by atoms with Gasteiger partial charge in [-0.1, -0.05) is 51.4 Å². The van der Waals surface area contributed by atoms with Crippen molar-refractivity contribution in [3.63, 3.8) is 0 Å². The van der Waals surface area contributed by atoms with E-state index >= 15 is 0 Å². The number of amides is 2. The van der Waals surface area contributed by atoms with Gasteiger partial charge in [-0.25, -0.2) is 0 Å². The molecule has 5 nitrogen and oxygen atoms in total. The summed E-state index contributed by atoms with van der Waals surface area (Å²) in [6.45, 7) is 0. The van der Waals surface area contributed by atoms with Crippen molar-refractivity contribution in [3.8, 4) is 6.07 Å². The Labute approximate surface area is 199 Å². The number of carbonyl (C=O) groups excluding carboxylic acids is 2. The van der Waals surface area contributed by atoms with Crippen molar-refractivity contribution >= 4 is 56.8 Å². The average Bonchev–Trinajstić information content (AvgIpc) is 2.73. The molecule has 0 saturated carbocycles. The van der Waals surface area contributed by atoms with E-state index in [9.17, 15) is 28.0 Å². The molecule has 1 atom stereocenters. The summed E-state index contributed by atoms with van der Waals surface area (Å²) in [6.07, 6.45) is -4.60. The van der Waals surface area contributed by atoms with Crippen molar-refractivity contribution in [2.24, 2.45) is 0 Å². The van der Waals surface area contributed by atoms with Crippen LogP contribution in [-0.4, -0.2) is 17.6 Å². The van der Waals surface area contributed by atoms with Crippen molar-refractivity contribution < 1.29 is 22.8 Å². The minimum atomic E-state index is -4.65. The molecule has 32 heavy (non-hydrogen) atoms. The molecule has 0 aromatic heterocycles. The van der Waals surface area contributed by atoms with E-state index in [1.165, 1.54) is 6.07 Å². The van der Waals surface area contributed by atoms with Crippen LogP contribution in [0.2, 0.25) is 5.02 Å². The van der Waals surface area contributed by atoms with Gasteiger partial charge in [0, 0.05) is 21.8 Å². The Bertz CT molecular complexity index is 1130. The van der Waals surface area contributed by atoms with Gasteiger partial charge in [-0.2, -0.15) is 18.4 Å². The van der Waals surface area contributed by atoms with Crippen LogP contribution in [-0.2, 0) is 15.8 Å². The summed E-state index contributed by atoms with van der Waals surface area (Å²) in [5.41, 5.74) is -0.388. The predicted octanol–water partition coefficient (Wildman–Crippen LogP) is 5.83.